The van der Waals surface area contributed by atoms with Crippen LogP contribution in [0.2, 0.25) is 0 Å². The molecule has 0 spiro atoms. The minimum Gasteiger partial charge on any atom is -0.310 e. The predicted molar refractivity (Wildman–Crippen MR) is 88.4 cm³/mol. The standard InChI is InChI=1S/C18H27N3/c1-4-12-19-15(2)18-14-20-21(16(18)3)13-8-11-17-9-6-5-7-10-17/h5-7,9-10,14-15,19H,4,8,11-13H2,1-3H3. The summed E-state index contributed by atoms with van der Waals surface area (Å²) in [7, 11) is 0. The van der Waals surface area contributed by atoms with Gasteiger partial charge in [0, 0.05) is 23.8 Å². The van der Waals surface area contributed by atoms with Gasteiger partial charge in [-0.2, -0.15) is 5.10 Å². The number of rotatable bonds is 8. The van der Waals surface area contributed by atoms with E-state index in [2.05, 4.69) is 66.2 Å². The van der Waals surface area contributed by atoms with Gasteiger partial charge in [0.2, 0.25) is 0 Å². The molecule has 0 aliphatic carbocycles. The van der Waals surface area contributed by atoms with Crippen LogP contribution in [0.4, 0.5) is 0 Å². The molecule has 1 aromatic carbocycles. The van der Waals surface area contributed by atoms with Gasteiger partial charge >= 0.3 is 0 Å². The summed E-state index contributed by atoms with van der Waals surface area (Å²) < 4.78 is 2.14. The van der Waals surface area contributed by atoms with Crippen molar-refractivity contribution < 1.29 is 0 Å². The van der Waals surface area contributed by atoms with Gasteiger partial charge in [0.25, 0.3) is 0 Å². The zero-order valence-electron chi connectivity index (χ0n) is 13.5. The van der Waals surface area contributed by atoms with Crippen LogP contribution in [-0.2, 0) is 13.0 Å². The molecule has 0 saturated heterocycles. The molecule has 1 heterocycles. The number of aryl methyl sites for hydroxylation is 2. The van der Waals surface area contributed by atoms with Crippen LogP contribution in [0.15, 0.2) is 36.5 Å². The zero-order valence-corrected chi connectivity index (χ0v) is 13.5. The Morgan fingerprint density at radius 2 is 2.00 bits per heavy atom. The van der Waals surface area contributed by atoms with Crippen molar-refractivity contribution in [2.24, 2.45) is 0 Å². The van der Waals surface area contributed by atoms with Crippen LogP contribution in [-0.4, -0.2) is 16.3 Å². The van der Waals surface area contributed by atoms with Crippen LogP contribution in [0.25, 0.3) is 0 Å². The molecule has 2 aromatic rings. The highest BCUT2D eigenvalue weighted by Crippen LogP contribution is 2.17. The molecule has 0 aliphatic rings. The maximum Gasteiger partial charge on any atom is 0.0540 e. The van der Waals surface area contributed by atoms with Crippen LogP contribution >= 0.6 is 0 Å². The number of benzene rings is 1. The topological polar surface area (TPSA) is 29.9 Å². The smallest absolute Gasteiger partial charge is 0.0540 e. The van der Waals surface area contributed by atoms with Gasteiger partial charge < -0.3 is 5.32 Å². The SMILES string of the molecule is CCCNC(C)c1cnn(CCCc2ccccc2)c1C. The molecule has 3 nitrogen and oxygen atoms in total. The Morgan fingerprint density at radius 3 is 2.71 bits per heavy atom. The number of nitrogens with zero attached hydrogens (tertiary/aromatic N) is 2. The van der Waals surface area contributed by atoms with Crippen molar-refractivity contribution in [1.29, 1.82) is 0 Å². The van der Waals surface area contributed by atoms with E-state index in [0.29, 0.717) is 6.04 Å². The Hall–Kier alpha value is -1.61. The fraction of sp³-hybridized carbons (Fsp3) is 0.500. The summed E-state index contributed by atoms with van der Waals surface area (Å²) in [5, 5.41) is 8.08. The van der Waals surface area contributed by atoms with Gasteiger partial charge in [-0.1, -0.05) is 37.3 Å². The average molecular weight is 285 g/mol. The Labute approximate surface area is 128 Å². The van der Waals surface area contributed by atoms with E-state index in [9.17, 15) is 0 Å². The van der Waals surface area contributed by atoms with Gasteiger partial charge in [0.05, 0.1) is 6.20 Å². The molecule has 1 atom stereocenters. The minimum atomic E-state index is 0.382. The summed E-state index contributed by atoms with van der Waals surface area (Å²) in [5.74, 6) is 0. The van der Waals surface area contributed by atoms with Gasteiger partial charge in [0.1, 0.15) is 0 Å². The molecule has 114 valence electrons. The summed E-state index contributed by atoms with van der Waals surface area (Å²) in [5.41, 5.74) is 4.02. The van der Waals surface area contributed by atoms with E-state index in [1.54, 1.807) is 0 Å². The van der Waals surface area contributed by atoms with E-state index < -0.39 is 0 Å². The number of nitrogens with one attached hydrogen (secondary N) is 1. The first-order chi connectivity index (χ1) is 10.2. The van der Waals surface area contributed by atoms with E-state index in [0.717, 1.165) is 32.4 Å². The van der Waals surface area contributed by atoms with Gasteiger partial charge in [-0.25, -0.2) is 0 Å². The first-order valence-corrected chi connectivity index (χ1v) is 8.02. The van der Waals surface area contributed by atoms with Crippen LogP contribution in [0, 0.1) is 6.92 Å². The van der Waals surface area contributed by atoms with Crippen molar-refractivity contribution in [3.63, 3.8) is 0 Å². The predicted octanol–water partition coefficient (Wildman–Crippen LogP) is 3.88. The van der Waals surface area contributed by atoms with Crippen LogP contribution < -0.4 is 5.32 Å². The minimum absolute atomic E-state index is 0.382. The lowest BCUT2D eigenvalue weighted by Gasteiger charge is -2.13. The first-order valence-electron chi connectivity index (χ1n) is 8.02. The average Bonchev–Trinajstić information content (AvgIpc) is 2.87. The maximum atomic E-state index is 4.55. The monoisotopic (exact) mass is 285 g/mol. The van der Waals surface area contributed by atoms with Gasteiger partial charge in [-0.15, -0.1) is 0 Å². The Morgan fingerprint density at radius 1 is 1.24 bits per heavy atom. The molecule has 21 heavy (non-hydrogen) atoms. The number of hydrogen-bond acceptors (Lipinski definition) is 2. The lowest BCUT2D eigenvalue weighted by Crippen LogP contribution is -2.19. The van der Waals surface area contributed by atoms with Crippen molar-refractivity contribution in [2.45, 2.75) is 52.6 Å². The molecule has 0 fully saturated rings. The largest absolute Gasteiger partial charge is 0.310 e. The van der Waals surface area contributed by atoms with Gasteiger partial charge in [-0.3, -0.25) is 4.68 Å². The van der Waals surface area contributed by atoms with E-state index in [1.807, 2.05) is 6.20 Å². The summed E-state index contributed by atoms with van der Waals surface area (Å²) in [6.07, 6.45) is 5.42. The number of hydrogen-bond donors (Lipinski definition) is 1. The Bertz CT molecular complexity index is 531. The van der Waals surface area contributed by atoms with E-state index in [-0.39, 0.29) is 0 Å². The highest BCUT2D eigenvalue weighted by Gasteiger charge is 2.12. The highest BCUT2D eigenvalue weighted by molar-refractivity contribution is 5.20. The molecule has 1 unspecified atom stereocenters. The van der Waals surface area contributed by atoms with Crippen molar-refractivity contribution in [2.75, 3.05) is 6.54 Å². The third-order valence-corrected chi connectivity index (χ3v) is 3.99. The summed E-state index contributed by atoms with van der Waals surface area (Å²) >= 11 is 0. The van der Waals surface area contributed by atoms with E-state index in [4.69, 9.17) is 0 Å². The molecule has 0 radical (unpaired) electrons. The third-order valence-electron chi connectivity index (χ3n) is 3.99. The number of aromatic nitrogens is 2. The van der Waals surface area contributed by atoms with Crippen LogP contribution in [0.5, 0.6) is 0 Å². The molecular weight excluding hydrogens is 258 g/mol. The normalized spacial score (nSPS) is 12.5. The van der Waals surface area contributed by atoms with E-state index in [1.165, 1.54) is 16.8 Å². The molecule has 0 bridgehead atoms. The lowest BCUT2D eigenvalue weighted by atomic mass is 10.1. The lowest BCUT2D eigenvalue weighted by molar-refractivity contribution is 0.550. The fourth-order valence-electron chi connectivity index (χ4n) is 2.66. The summed E-state index contributed by atoms with van der Waals surface area (Å²) in [6, 6.07) is 11.0. The quantitative estimate of drug-likeness (QED) is 0.797. The maximum absolute atomic E-state index is 4.55. The third kappa shape index (κ3) is 4.43. The summed E-state index contributed by atoms with van der Waals surface area (Å²) in [6.45, 7) is 8.63. The van der Waals surface area contributed by atoms with Crippen molar-refractivity contribution >= 4 is 0 Å². The second-order valence-corrected chi connectivity index (χ2v) is 5.67. The first kappa shape index (κ1) is 15.8. The van der Waals surface area contributed by atoms with Gasteiger partial charge in [-0.05, 0) is 45.2 Å². The molecule has 1 N–H and O–H groups in total. The Balaban J connectivity index is 1.88. The van der Waals surface area contributed by atoms with Crippen LogP contribution in [0.1, 0.15) is 49.6 Å². The van der Waals surface area contributed by atoms with Crippen molar-refractivity contribution in [3.8, 4) is 0 Å². The molecule has 0 amide bonds. The summed E-state index contributed by atoms with van der Waals surface area (Å²) in [4.78, 5) is 0. The zero-order chi connectivity index (χ0) is 15.1. The Kier molecular flexibility index (Phi) is 6.00. The van der Waals surface area contributed by atoms with Crippen molar-refractivity contribution in [1.82, 2.24) is 15.1 Å². The van der Waals surface area contributed by atoms with Crippen molar-refractivity contribution in [3.05, 3.63) is 53.3 Å². The van der Waals surface area contributed by atoms with Crippen LogP contribution in [0.3, 0.4) is 0 Å². The second kappa shape index (κ2) is 7.99. The highest BCUT2D eigenvalue weighted by atomic mass is 15.3. The molecule has 3 heteroatoms. The molecule has 2 rings (SSSR count). The van der Waals surface area contributed by atoms with E-state index >= 15 is 0 Å². The fourth-order valence-corrected chi connectivity index (χ4v) is 2.66. The second-order valence-electron chi connectivity index (χ2n) is 5.67. The molecule has 1 aromatic heterocycles. The van der Waals surface area contributed by atoms with Gasteiger partial charge in [0.15, 0.2) is 0 Å². The molecule has 0 aliphatic heterocycles. The molecule has 0 saturated carbocycles. The molecular formula is C18H27N3.